The van der Waals surface area contributed by atoms with Gasteiger partial charge in [-0.15, -0.1) is 0 Å². The molecule has 0 saturated carbocycles. The molecule has 0 aliphatic carbocycles. The number of aliphatic imine (C=N–C) groups is 1. The van der Waals surface area contributed by atoms with Crippen LogP contribution in [0.4, 0.5) is 11.4 Å². The predicted octanol–water partition coefficient (Wildman–Crippen LogP) is 1.81. The molecule has 0 bridgehead atoms. The van der Waals surface area contributed by atoms with Crippen LogP contribution < -0.4 is 15.8 Å². The van der Waals surface area contributed by atoms with Gasteiger partial charge in [0.05, 0.1) is 12.2 Å². The van der Waals surface area contributed by atoms with E-state index in [1.54, 1.807) is 0 Å². The Bertz CT molecular complexity index is 455. The maximum atomic E-state index is 5.76. The number of anilines is 2. The van der Waals surface area contributed by atoms with Crippen LogP contribution in [0.1, 0.15) is 13.8 Å². The van der Waals surface area contributed by atoms with Crippen LogP contribution in [0.5, 0.6) is 5.75 Å². The Kier molecular flexibility index (Phi) is 4.63. The van der Waals surface area contributed by atoms with E-state index in [1.807, 2.05) is 18.2 Å². The summed E-state index contributed by atoms with van der Waals surface area (Å²) in [5.41, 5.74) is 7.38. The number of likely N-dealkylation sites (N-methyl/N-ethyl adjacent to an activating group) is 1. The number of fused-ring (bicyclic) bond motifs is 1. The lowest BCUT2D eigenvalue weighted by Crippen LogP contribution is -2.29. The molecule has 104 valence electrons. The second-order valence-corrected chi connectivity index (χ2v) is 4.52. The molecule has 1 aromatic carbocycles. The van der Waals surface area contributed by atoms with Gasteiger partial charge in [0.15, 0.2) is 0 Å². The molecule has 0 unspecified atom stereocenters. The second kappa shape index (κ2) is 6.43. The Morgan fingerprint density at radius 1 is 1.37 bits per heavy atom. The van der Waals surface area contributed by atoms with Crippen molar-refractivity contribution in [3.63, 3.8) is 0 Å². The van der Waals surface area contributed by atoms with E-state index in [2.05, 4.69) is 29.1 Å². The Hall–Kier alpha value is -1.75. The van der Waals surface area contributed by atoms with Gasteiger partial charge in [0.1, 0.15) is 18.2 Å². The minimum atomic E-state index is 0.495. The van der Waals surface area contributed by atoms with E-state index >= 15 is 0 Å². The van der Waals surface area contributed by atoms with Crippen LogP contribution in [-0.4, -0.2) is 43.5 Å². The highest BCUT2D eigenvalue weighted by molar-refractivity contribution is 6.00. The molecule has 2 rings (SSSR count). The summed E-state index contributed by atoms with van der Waals surface area (Å²) in [7, 11) is 0. The van der Waals surface area contributed by atoms with E-state index in [0.29, 0.717) is 6.61 Å². The molecule has 0 radical (unpaired) electrons. The first-order chi connectivity index (χ1) is 9.22. The van der Waals surface area contributed by atoms with E-state index in [-0.39, 0.29) is 0 Å². The molecule has 0 saturated heterocycles. The van der Waals surface area contributed by atoms with Crippen molar-refractivity contribution in [3.8, 4) is 5.75 Å². The van der Waals surface area contributed by atoms with Crippen LogP contribution in [0.2, 0.25) is 0 Å². The maximum absolute atomic E-state index is 5.76. The van der Waals surface area contributed by atoms with Gasteiger partial charge in [-0.3, -0.25) is 4.99 Å². The number of nitrogens with zero attached hydrogens (tertiary/aromatic N) is 2. The summed E-state index contributed by atoms with van der Waals surface area (Å²) in [6.45, 7) is 8.70. The topological polar surface area (TPSA) is 62.9 Å². The first-order valence-electron chi connectivity index (χ1n) is 6.78. The third-order valence-corrected chi connectivity index (χ3v) is 3.26. The molecule has 1 aliphatic heterocycles. The van der Waals surface area contributed by atoms with Crippen molar-refractivity contribution in [1.82, 2.24) is 4.90 Å². The highest BCUT2D eigenvalue weighted by atomic mass is 16.5. The molecule has 19 heavy (non-hydrogen) atoms. The highest BCUT2D eigenvalue weighted by Gasteiger charge is 2.14. The first-order valence-corrected chi connectivity index (χ1v) is 6.78. The summed E-state index contributed by atoms with van der Waals surface area (Å²) < 4.78 is 5.64. The van der Waals surface area contributed by atoms with Crippen molar-refractivity contribution in [3.05, 3.63) is 18.2 Å². The largest absolute Gasteiger partial charge is 0.484 e. The summed E-state index contributed by atoms with van der Waals surface area (Å²) in [6, 6.07) is 5.59. The lowest BCUT2D eigenvalue weighted by atomic mass is 10.2. The van der Waals surface area contributed by atoms with Gasteiger partial charge in [-0.25, -0.2) is 0 Å². The summed E-state index contributed by atoms with van der Waals surface area (Å²) in [6.07, 6.45) is 0. The van der Waals surface area contributed by atoms with E-state index in [0.717, 1.165) is 49.1 Å². The van der Waals surface area contributed by atoms with Gasteiger partial charge in [0.25, 0.3) is 0 Å². The van der Waals surface area contributed by atoms with Gasteiger partial charge in [-0.2, -0.15) is 0 Å². The van der Waals surface area contributed by atoms with Gasteiger partial charge >= 0.3 is 0 Å². The molecule has 1 heterocycles. The van der Waals surface area contributed by atoms with Gasteiger partial charge in [0.2, 0.25) is 0 Å². The van der Waals surface area contributed by atoms with Crippen LogP contribution in [-0.2, 0) is 0 Å². The molecule has 1 aromatic rings. The second-order valence-electron chi connectivity index (χ2n) is 4.52. The molecule has 5 heteroatoms. The molecule has 0 spiro atoms. The minimum absolute atomic E-state index is 0.495. The third-order valence-electron chi connectivity index (χ3n) is 3.26. The summed E-state index contributed by atoms with van der Waals surface area (Å²) in [5, 5.41) is 3.27. The Labute approximate surface area is 114 Å². The summed E-state index contributed by atoms with van der Waals surface area (Å²) in [5.74, 6) is 1.70. The van der Waals surface area contributed by atoms with Crippen molar-refractivity contribution in [2.24, 2.45) is 4.99 Å². The molecular formula is C14H22N4O. The fraction of sp³-hybridized carbons (Fsp3) is 0.500. The third kappa shape index (κ3) is 3.61. The first kappa shape index (κ1) is 13.7. The average molecular weight is 262 g/mol. The standard InChI is InChI=1S/C14H22N4O/c1-3-18(4-2)8-7-16-14-10-19-13-6-5-11(15)9-12(13)17-14/h5-6,9H,3-4,7-8,10,15H2,1-2H3,(H,16,17). The van der Waals surface area contributed by atoms with Gasteiger partial charge < -0.3 is 20.7 Å². The number of benzene rings is 1. The van der Waals surface area contributed by atoms with Gasteiger partial charge in [-0.1, -0.05) is 13.8 Å². The number of nitrogen functional groups attached to an aromatic ring is 1. The molecule has 3 N–H and O–H groups in total. The molecule has 0 fully saturated rings. The number of hydrogen-bond donors (Lipinski definition) is 2. The maximum Gasteiger partial charge on any atom is 0.146 e. The lowest BCUT2D eigenvalue weighted by molar-refractivity contribution is 0.312. The van der Waals surface area contributed by atoms with Crippen molar-refractivity contribution >= 4 is 17.2 Å². The Morgan fingerprint density at radius 2 is 2.16 bits per heavy atom. The zero-order valence-electron chi connectivity index (χ0n) is 11.6. The van der Waals surface area contributed by atoms with Crippen molar-refractivity contribution < 1.29 is 4.74 Å². The van der Waals surface area contributed by atoms with Gasteiger partial charge in [-0.05, 0) is 31.3 Å². The van der Waals surface area contributed by atoms with E-state index in [4.69, 9.17) is 10.5 Å². The van der Waals surface area contributed by atoms with Crippen LogP contribution in [0, 0.1) is 0 Å². The van der Waals surface area contributed by atoms with Crippen LogP contribution in [0.3, 0.4) is 0 Å². The number of hydrogen-bond acceptors (Lipinski definition) is 4. The van der Waals surface area contributed by atoms with Crippen LogP contribution in [0.25, 0.3) is 0 Å². The number of ether oxygens (including phenoxy) is 1. The fourth-order valence-corrected chi connectivity index (χ4v) is 2.06. The normalized spacial score (nSPS) is 16.1. The summed E-state index contributed by atoms with van der Waals surface area (Å²) >= 11 is 0. The lowest BCUT2D eigenvalue weighted by Gasteiger charge is -2.22. The van der Waals surface area contributed by atoms with E-state index < -0.39 is 0 Å². The highest BCUT2D eigenvalue weighted by Crippen LogP contribution is 2.29. The minimum Gasteiger partial charge on any atom is -0.484 e. The number of rotatable bonds is 5. The van der Waals surface area contributed by atoms with E-state index in [9.17, 15) is 0 Å². The van der Waals surface area contributed by atoms with Crippen molar-refractivity contribution in [2.45, 2.75) is 13.8 Å². The zero-order chi connectivity index (χ0) is 13.7. The molecule has 0 aromatic heterocycles. The molecule has 5 nitrogen and oxygen atoms in total. The Balaban J connectivity index is 1.93. The van der Waals surface area contributed by atoms with Crippen LogP contribution in [0.15, 0.2) is 23.2 Å². The summed E-state index contributed by atoms with van der Waals surface area (Å²) in [4.78, 5) is 6.89. The van der Waals surface area contributed by atoms with Crippen molar-refractivity contribution in [1.29, 1.82) is 0 Å². The average Bonchev–Trinajstić information content (AvgIpc) is 2.43. The molecule has 0 amide bonds. The number of nitrogens with one attached hydrogen (secondary N) is 1. The number of amidine groups is 1. The van der Waals surface area contributed by atoms with Crippen LogP contribution >= 0.6 is 0 Å². The predicted molar refractivity (Wildman–Crippen MR) is 80.1 cm³/mol. The molecule has 0 atom stereocenters. The van der Waals surface area contributed by atoms with Crippen molar-refractivity contribution in [2.75, 3.05) is 43.8 Å². The SMILES string of the molecule is CCN(CC)CCN=C1COc2ccc(N)cc2N1. The molecule has 1 aliphatic rings. The zero-order valence-corrected chi connectivity index (χ0v) is 11.6. The number of nitrogens with two attached hydrogens (primary N) is 1. The monoisotopic (exact) mass is 262 g/mol. The molecular weight excluding hydrogens is 240 g/mol. The smallest absolute Gasteiger partial charge is 0.146 e. The Morgan fingerprint density at radius 3 is 2.89 bits per heavy atom. The van der Waals surface area contributed by atoms with Gasteiger partial charge in [0, 0.05) is 12.2 Å². The van der Waals surface area contributed by atoms with E-state index in [1.165, 1.54) is 0 Å². The quantitative estimate of drug-likeness (QED) is 0.794. The fourth-order valence-electron chi connectivity index (χ4n) is 2.06.